The first kappa shape index (κ1) is 21.0. The van der Waals surface area contributed by atoms with Gasteiger partial charge >= 0.3 is 5.97 Å². The zero-order chi connectivity index (χ0) is 18.2. The first-order valence-electron chi connectivity index (χ1n) is 7.02. The van der Waals surface area contributed by atoms with Crippen LogP contribution in [0.5, 0.6) is 0 Å². The van der Waals surface area contributed by atoms with E-state index in [0.717, 1.165) is 24.5 Å². The van der Waals surface area contributed by atoms with Crippen molar-refractivity contribution in [3.05, 3.63) is 33.9 Å². The van der Waals surface area contributed by atoms with E-state index in [0.29, 0.717) is 0 Å². The van der Waals surface area contributed by atoms with E-state index in [1.807, 2.05) is 0 Å². The van der Waals surface area contributed by atoms with Crippen LogP contribution >= 0.6 is 0 Å². The number of hydrogen-bond acceptors (Lipinski definition) is 6. The van der Waals surface area contributed by atoms with Crippen molar-refractivity contribution in [1.29, 1.82) is 0 Å². The van der Waals surface area contributed by atoms with Gasteiger partial charge in [0.15, 0.2) is 9.84 Å². The summed E-state index contributed by atoms with van der Waals surface area (Å²) in [5, 5.41) is 19.2. The quantitative estimate of drug-likeness (QED) is 0.618. The number of nitrogens with zero attached hydrogens (tertiary/aromatic N) is 2. The van der Waals surface area contributed by atoms with E-state index in [1.54, 1.807) is 0 Å². The van der Waals surface area contributed by atoms with Gasteiger partial charge in [0, 0.05) is 12.3 Å². The number of sulfone groups is 1. The van der Waals surface area contributed by atoms with Gasteiger partial charge in [-0.1, -0.05) is 20.8 Å². The standard InChI is InChI=1S/C8H7NO6S.C6H15N/c1-16(14,15)5-2-3-6(8(10)11)7(4-5)9(12)13;1-4-7(5-2)6-3/h2-4H,1H3,(H,10,11);4-6H2,1-3H3. The lowest BCUT2D eigenvalue weighted by molar-refractivity contribution is -0.385. The van der Waals surface area contributed by atoms with Crippen LogP contribution in [0.15, 0.2) is 23.1 Å². The largest absolute Gasteiger partial charge is 0.477 e. The minimum atomic E-state index is -3.60. The molecule has 0 saturated carbocycles. The van der Waals surface area contributed by atoms with Crippen molar-refractivity contribution in [3.8, 4) is 0 Å². The molecule has 0 fully saturated rings. The van der Waals surface area contributed by atoms with E-state index >= 15 is 0 Å². The number of carbonyl (C=O) groups is 1. The van der Waals surface area contributed by atoms with Crippen LogP contribution in [0, 0.1) is 10.1 Å². The number of carboxylic acids is 1. The Morgan fingerprint density at radius 3 is 1.96 bits per heavy atom. The number of aromatic carboxylic acids is 1. The Morgan fingerprint density at radius 1 is 1.22 bits per heavy atom. The van der Waals surface area contributed by atoms with Crippen LogP contribution in [0.25, 0.3) is 0 Å². The average Bonchev–Trinajstić information content (AvgIpc) is 2.48. The molecule has 1 aromatic rings. The molecular weight excluding hydrogens is 324 g/mol. The van der Waals surface area contributed by atoms with Crippen LogP contribution in [-0.2, 0) is 9.84 Å². The topological polar surface area (TPSA) is 118 Å². The number of carboxylic acid groups (broad SMARTS) is 1. The fraction of sp³-hybridized carbons (Fsp3) is 0.500. The molecule has 0 aromatic heterocycles. The van der Waals surface area contributed by atoms with Crippen molar-refractivity contribution in [3.63, 3.8) is 0 Å². The molecular formula is C14H22N2O6S. The fourth-order valence-electron chi connectivity index (χ4n) is 1.74. The second kappa shape index (κ2) is 9.21. The van der Waals surface area contributed by atoms with Crippen LogP contribution in [0.1, 0.15) is 31.1 Å². The Morgan fingerprint density at radius 2 is 1.70 bits per heavy atom. The van der Waals surface area contributed by atoms with E-state index in [-0.39, 0.29) is 4.90 Å². The number of rotatable bonds is 6. The van der Waals surface area contributed by atoms with Crippen LogP contribution in [0.2, 0.25) is 0 Å². The summed E-state index contributed by atoms with van der Waals surface area (Å²) in [7, 11) is -3.60. The lowest BCUT2D eigenvalue weighted by Gasteiger charge is -2.13. The third-order valence-corrected chi connectivity index (χ3v) is 4.28. The molecule has 23 heavy (non-hydrogen) atoms. The van der Waals surface area contributed by atoms with Gasteiger partial charge in [-0.2, -0.15) is 0 Å². The van der Waals surface area contributed by atoms with Gasteiger partial charge in [0.2, 0.25) is 0 Å². The molecule has 0 saturated heterocycles. The molecule has 1 aromatic carbocycles. The van der Waals surface area contributed by atoms with Gasteiger partial charge in [0.05, 0.1) is 9.82 Å². The molecule has 0 atom stereocenters. The molecule has 0 aliphatic rings. The first-order chi connectivity index (χ1) is 10.6. The van der Waals surface area contributed by atoms with Crippen molar-refractivity contribution in [1.82, 2.24) is 4.90 Å². The lowest BCUT2D eigenvalue weighted by atomic mass is 10.2. The van der Waals surface area contributed by atoms with Crippen molar-refractivity contribution in [2.45, 2.75) is 25.7 Å². The first-order valence-corrected chi connectivity index (χ1v) is 8.91. The van der Waals surface area contributed by atoms with Gasteiger partial charge in [-0.15, -0.1) is 0 Å². The van der Waals surface area contributed by atoms with Crippen molar-refractivity contribution in [2.24, 2.45) is 0 Å². The number of nitro benzene ring substituents is 1. The van der Waals surface area contributed by atoms with Crippen LogP contribution in [-0.4, -0.2) is 55.2 Å². The highest BCUT2D eigenvalue weighted by Crippen LogP contribution is 2.22. The molecule has 0 unspecified atom stereocenters. The molecule has 0 amide bonds. The van der Waals surface area contributed by atoms with E-state index in [2.05, 4.69) is 25.7 Å². The Labute approximate surface area is 135 Å². The smallest absolute Gasteiger partial charge is 0.342 e. The Hall–Kier alpha value is -2.00. The summed E-state index contributed by atoms with van der Waals surface area (Å²) in [6.07, 6.45) is 0.881. The van der Waals surface area contributed by atoms with Crippen molar-refractivity contribution < 1.29 is 23.2 Å². The Kier molecular flexibility index (Phi) is 8.41. The van der Waals surface area contributed by atoms with Gasteiger partial charge < -0.3 is 10.0 Å². The second-order valence-corrected chi connectivity index (χ2v) is 6.65. The van der Waals surface area contributed by atoms with E-state index < -0.39 is 32.0 Å². The highest BCUT2D eigenvalue weighted by molar-refractivity contribution is 7.90. The maximum atomic E-state index is 11.1. The second-order valence-electron chi connectivity index (χ2n) is 4.63. The van der Waals surface area contributed by atoms with E-state index in [9.17, 15) is 23.3 Å². The van der Waals surface area contributed by atoms with Crippen LogP contribution in [0.3, 0.4) is 0 Å². The molecule has 130 valence electrons. The predicted molar refractivity (Wildman–Crippen MR) is 86.6 cm³/mol. The summed E-state index contributed by atoms with van der Waals surface area (Å²) < 4.78 is 22.2. The molecule has 1 rings (SSSR count). The average molecular weight is 346 g/mol. The summed E-state index contributed by atoms with van der Waals surface area (Å²) in [6, 6.07) is 2.65. The molecule has 0 bridgehead atoms. The molecule has 8 nitrogen and oxygen atoms in total. The minimum Gasteiger partial charge on any atom is -0.477 e. The van der Waals surface area contributed by atoms with Gasteiger partial charge in [0.1, 0.15) is 5.56 Å². The monoisotopic (exact) mass is 346 g/mol. The molecule has 9 heteroatoms. The molecule has 0 aliphatic carbocycles. The SMILES string of the molecule is CCN(CC)CC.CS(=O)(=O)c1ccc(C(=O)O)c([N+](=O)[O-])c1. The number of hydrogen-bond donors (Lipinski definition) is 1. The lowest BCUT2D eigenvalue weighted by Crippen LogP contribution is -2.21. The molecule has 0 aliphatic heterocycles. The third-order valence-electron chi connectivity index (χ3n) is 3.17. The minimum absolute atomic E-state index is 0.288. The molecule has 0 heterocycles. The highest BCUT2D eigenvalue weighted by Gasteiger charge is 2.22. The van der Waals surface area contributed by atoms with Gasteiger partial charge in [-0.25, -0.2) is 13.2 Å². The van der Waals surface area contributed by atoms with Crippen molar-refractivity contribution in [2.75, 3.05) is 25.9 Å². The number of nitro groups is 1. The summed E-state index contributed by atoms with van der Waals surface area (Å²) in [6.45, 7) is 10.1. The van der Waals surface area contributed by atoms with E-state index in [1.165, 1.54) is 19.6 Å². The van der Waals surface area contributed by atoms with E-state index in [4.69, 9.17) is 5.11 Å². The zero-order valence-corrected chi connectivity index (χ0v) is 14.5. The van der Waals surface area contributed by atoms with Gasteiger partial charge in [-0.3, -0.25) is 10.1 Å². The zero-order valence-electron chi connectivity index (χ0n) is 13.6. The summed E-state index contributed by atoms with van der Waals surface area (Å²) in [4.78, 5) is 22.3. The Balaban J connectivity index is 0.000000585. The van der Waals surface area contributed by atoms with Crippen molar-refractivity contribution >= 4 is 21.5 Å². The number of benzene rings is 1. The molecule has 1 N–H and O–H groups in total. The molecule has 0 radical (unpaired) electrons. The summed E-state index contributed by atoms with van der Waals surface area (Å²) in [5.74, 6) is -1.48. The summed E-state index contributed by atoms with van der Waals surface area (Å²) >= 11 is 0. The third kappa shape index (κ3) is 6.74. The maximum Gasteiger partial charge on any atom is 0.342 e. The predicted octanol–water partition coefficient (Wildman–Crippen LogP) is 2.04. The maximum absolute atomic E-state index is 11.1. The normalized spacial score (nSPS) is 10.8. The summed E-state index contributed by atoms with van der Waals surface area (Å²) in [5.41, 5.74) is -1.28. The van der Waals surface area contributed by atoms with Gasteiger partial charge in [0.25, 0.3) is 5.69 Å². The fourth-order valence-corrected chi connectivity index (χ4v) is 2.39. The van der Waals surface area contributed by atoms with Gasteiger partial charge in [-0.05, 0) is 31.8 Å². The Bertz CT molecular complexity index is 648. The van der Waals surface area contributed by atoms with Crippen LogP contribution < -0.4 is 0 Å². The molecule has 0 spiro atoms. The van der Waals surface area contributed by atoms with Crippen LogP contribution in [0.4, 0.5) is 5.69 Å². The highest BCUT2D eigenvalue weighted by atomic mass is 32.2.